The molecular weight excluding hydrogens is 342 g/mol. The number of pyridine rings is 1. The first kappa shape index (κ1) is 19.0. The zero-order valence-corrected chi connectivity index (χ0v) is 15.3. The lowest BCUT2D eigenvalue weighted by Crippen LogP contribution is -2.57. The van der Waals surface area contributed by atoms with Crippen molar-refractivity contribution in [3.05, 3.63) is 66.0 Å². The highest BCUT2D eigenvalue weighted by Crippen LogP contribution is 2.17. The lowest BCUT2D eigenvalue weighted by Gasteiger charge is -2.37. The summed E-state index contributed by atoms with van der Waals surface area (Å²) in [7, 11) is 0. The van der Waals surface area contributed by atoms with Gasteiger partial charge in [-0.2, -0.15) is 0 Å². The number of aliphatic hydroxyl groups excluding tert-OH is 1. The predicted molar refractivity (Wildman–Crippen MR) is 102 cm³/mol. The maximum atomic E-state index is 12.7. The molecule has 142 valence electrons. The molecule has 1 aromatic heterocycles. The summed E-state index contributed by atoms with van der Waals surface area (Å²) >= 11 is 0. The van der Waals surface area contributed by atoms with Gasteiger partial charge in [-0.15, -0.1) is 0 Å². The fraction of sp³-hybridized carbons (Fsp3) is 0.381. The van der Waals surface area contributed by atoms with Gasteiger partial charge >= 0.3 is 6.03 Å². The fourth-order valence-corrected chi connectivity index (χ4v) is 3.26. The number of hydrogen-bond acceptors (Lipinski definition) is 4. The Morgan fingerprint density at radius 1 is 0.963 bits per heavy atom. The maximum absolute atomic E-state index is 12.7. The van der Waals surface area contributed by atoms with Crippen molar-refractivity contribution in [2.45, 2.75) is 38.3 Å². The van der Waals surface area contributed by atoms with Crippen molar-refractivity contribution in [2.24, 2.45) is 0 Å². The van der Waals surface area contributed by atoms with Crippen molar-refractivity contribution < 1.29 is 14.7 Å². The van der Waals surface area contributed by atoms with Crippen LogP contribution in [-0.2, 0) is 17.6 Å². The fourth-order valence-electron chi connectivity index (χ4n) is 3.26. The van der Waals surface area contributed by atoms with E-state index in [1.165, 1.54) is 15.4 Å². The van der Waals surface area contributed by atoms with E-state index in [2.05, 4.69) is 17.1 Å². The van der Waals surface area contributed by atoms with Crippen LogP contribution in [0, 0.1) is 0 Å². The van der Waals surface area contributed by atoms with Gasteiger partial charge in [-0.05, 0) is 37.0 Å². The maximum Gasteiger partial charge on any atom is 0.328 e. The van der Waals surface area contributed by atoms with Crippen molar-refractivity contribution in [3.63, 3.8) is 0 Å². The van der Waals surface area contributed by atoms with Gasteiger partial charge < -0.3 is 5.11 Å². The van der Waals surface area contributed by atoms with E-state index in [0.717, 1.165) is 25.0 Å². The summed E-state index contributed by atoms with van der Waals surface area (Å²) in [6.45, 7) is 0.724. The number of unbranched alkanes of at least 4 members (excludes halogenated alkanes) is 1. The Labute approximate surface area is 159 Å². The van der Waals surface area contributed by atoms with Crippen LogP contribution in [0.1, 0.15) is 30.5 Å². The predicted octanol–water partition coefficient (Wildman–Crippen LogP) is 2.62. The summed E-state index contributed by atoms with van der Waals surface area (Å²) in [4.78, 5) is 31.8. The van der Waals surface area contributed by atoms with E-state index in [0.29, 0.717) is 19.5 Å². The number of carbonyl (C=O) groups is 2. The van der Waals surface area contributed by atoms with Crippen LogP contribution in [0.25, 0.3) is 0 Å². The molecule has 1 atom stereocenters. The van der Waals surface area contributed by atoms with Crippen molar-refractivity contribution >= 4 is 11.9 Å². The number of nitrogens with zero attached hydrogens (tertiary/aromatic N) is 3. The average Bonchev–Trinajstić information content (AvgIpc) is 2.68. The Morgan fingerprint density at radius 3 is 2.48 bits per heavy atom. The Bertz CT molecular complexity index is 752. The summed E-state index contributed by atoms with van der Waals surface area (Å²) in [5.74, 6) is -0.304. The van der Waals surface area contributed by atoms with Crippen molar-refractivity contribution in [1.82, 2.24) is 14.8 Å². The molecule has 0 aliphatic carbocycles. The van der Waals surface area contributed by atoms with Crippen molar-refractivity contribution in [3.8, 4) is 0 Å². The van der Waals surface area contributed by atoms with E-state index in [4.69, 9.17) is 0 Å². The van der Waals surface area contributed by atoms with E-state index in [1.54, 1.807) is 6.20 Å². The topological polar surface area (TPSA) is 73.7 Å². The van der Waals surface area contributed by atoms with Crippen LogP contribution in [0.5, 0.6) is 0 Å². The first-order chi connectivity index (χ1) is 13.1. The molecule has 0 bridgehead atoms. The zero-order valence-electron chi connectivity index (χ0n) is 15.3. The minimum absolute atomic E-state index is 0.0490. The van der Waals surface area contributed by atoms with Crippen LogP contribution in [-0.4, -0.2) is 51.1 Å². The van der Waals surface area contributed by atoms with Gasteiger partial charge in [0.1, 0.15) is 6.23 Å². The van der Waals surface area contributed by atoms with Gasteiger partial charge in [0.2, 0.25) is 5.91 Å². The number of rotatable bonds is 8. The molecule has 1 saturated heterocycles. The minimum Gasteiger partial charge on any atom is -0.373 e. The van der Waals surface area contributed by atoms with Gasteiger partial charge in [0, 0.05) is 31.4 Å². The van der Waals surface area contributed by atoms with Gasteiger partial charge in [0.05, 0.1) is 6.42 Å². The molecule has 6 nitrogen and oxygen atoms in total. The molecule has 6 heteroatoms. The molecule has 0 saturated carbocycles. The number of aryl methyl sites for hydroxylation is 1. The van der Waals surface area contributed by atoms with Crippen molar-refractivity contribution in [2.75, 3.05) is 13.1 Å². The first-order valence-corrected chi connectivity index (χ1v) is 9.38. The molecule has 2 aromatic rings. The van der Waals surface area contributed by atoms with Crippen LogP contribution in [0.2, 0.25) is 0 Å². The molecule has 2 heterocycles. The van der Waals surface area contributed by atoms with E-state index < -0.39 is 12.3 Å². The number of amides is 3. The molecule has 3 amide bonds. The molecule has 3 rings (SSSR count). The third-order valence-corrected chi connectivity index (χ3v) is 4.77. The Hall–Kier alpha value is -2.73. The van der Waals surface area contributed by atoms with Crippen molar-refractivity contribution in [1.29, 1.82) is 0 Å². The number of imide groups is 1. The van der Waals surface area contributed by atoms with E-state index in [1.807, 2.05) is 36.4 Å². The van der Waals surface area contributed by atoms with Gasteiger partial charge in [-0.3, -0.25) is 19.6 Å². The largest absolute Gasteiger partial charge is 0.373 e. The SMILES string of the molecule is O=C1CC(O)N(CCc2ccccn2)C(=O)N1CCCCc1ccccc1. The second-order valence-corrected chi connectivity index (χ2v) is 6.72. The molecule has 1 fully saturated rings. The standard InChI is InChI=1S/C21H25N3O3/c25-19-16-20(26)24(15-12-18-11-4-6-13-22-18)21(27)23(19)14-7-5-10-17-8-2-1-3-9-17/h1-4,6,8-9,11,13,20,26H,5,7,10,12,14-16H2. The Kier molecular flexibility index (Phi) is 6.54. The average molecular weight is 367 g/mol. The van der Waals surface area contributed by atoms with Crippen LogP contribution in [0.3, 0.4) is 0 Å². The van der Waals surface area contributed by atoms with Gasteiger partial charge in [0.25, 0.3) is 0 Å². The van der Waals surface area contributed by atoms with Crippen LogP contribution in [0.4, 0.5) is 4.79 Å². The summed E-state index contributed by atoms with van der Waals surface area (Å²) < 4.78 is 0. The van der Waals surface area contributed by atoms with Crippen LogP contribution in [0.15, 0.2) is 54.7 Å². The number of aliphatic hydroxyl groups is 1. The van der Waals surface area contributed by atoms with E-state index in [-0.39, 0.29) is 12.3 Å². The number of carbonyl (C=O) groups excluding carboxylic acids is 2. The highest BCUT2D eigenvalue weighted by molar-refractivity contribution is 5.97. The van der Waals surface area contributed by atoms with Crippen LogP contribution < -0.4 is 0 Å². The van der Waals surface area contributed by atoms with Gasteiger partial charge in [-0.1, -0.05) is 36.4 Å². The summed E-state index contributed by atoms with van der Waals surface area (Å²) in [5, 5.41) is 10.2. The summed E-state index contributed by atoms with van der Waals surface area (Å²) in [6, 6.07) is 15.3. The van der Waals surface area contributed by atoms with Crippen LogP contribution >= 0.6 is 0 Å². The Morgan fingerprint density at radius 2 is 1.74 bits per heavy atom. The monoisotopic (exact) mass is 367 g/mol. The number of benzene rings is 1. The first-order valence-electron chi connectivity index (χ1n) is 9.38. The quantitative estimate of drug-likeness (QED) is 0.728. The second kappa shape index (κ2) is 9.28. The minimum atomic E-state index is -1.06. The molecule has 1 aliphatic heterocycles. The molecule has 1 N–H and O–H groups in total. The number of aromatic nitrogens is 1. The molecular formula is C21H25N3O3. The van der Waals surface area contributed by atoms with Gasteiger partial charge in [-0.25, -0.2) is 4.79 Å². The molecule has 0 radical (unpaired) electrons. The molecule has 1 unspecified atom stereocenters. The highest BCUT2D eigenvalue weighted by atomic mass is 16.3. The highest BCUT2D eigenvalue weighted by Gasteiger charge is 2.37. The molecule has 1 aliphatic rings. The second-order valence-electron chi connectivity index (χ2n) is 6.72. The molecule has 0 spiro atoms. The molecule has 27 heavy (non-hydrogen) atoms. The third kappa shape index (κ3) is 5.14. The number of urea groups is 1. The third-order valence-electron chi connectivity index (χ3n) is 4.77. The van der Waals surface area contributed by atoms with Gasteiger partial charge in [0.15, 0.2) is 0 Å². The Balaban J connectivity index is 1.51. The smallest absolute Gasteiger partial charge is 0.328 e. The number of hydrogen-bond donors (Lipinski definition) is 1. The summed E-state index contributed by atoms with van der Waals surface area (Å²) in [5.41, 5.74) is 2.10. The van der Waals surface area contributed by atoms with E-state index >= 15 is 0 Å². The molecule has 1 aromatic carbocycles. The zero-order chi connectivity index (χ0) is 19.1. The summed E-state index contributed by atoms with van der Waals surface area (Å²) in [6.07, 6.45) is 3.70. The normalized spacial score (nSPS) is 17.4. The lowest BCUT2D eigenvalue weighted by atomic mass is 10.1. The van der Waals surface area contributed by atoms with E-state index in [9.17, 15) is 14.7 Å². The lowest BCUT2D eigenvalue weighted by molar-refractivity contribution is -0.138.